The van der Waals surface area contributed by atoms with E-state index in [2.05, 4.69) is 0 Å². The molecule has 2 aromatic rings. The van der Waals surface area contributed by atoms with Gasteiger partial charge >= 0.3 is 6.18 Å². The van der Waals surface area contributed by atoms with E-state index in [1.807, 2.05) is 0 Å². The van der Waals surface area contributed by atoms with Gasteiger partial charge in [0.25, 0.3) is 5.91 Å². The van der Waals surface area contributed by atoms with Crippen molar-refractivity contribution in [3.63, 3.8) is 0 Å². The Morgan fingerprint density at radius 3 is 2.21 bits per heavy atom. The number of anilines is 1. The largest absolute Gasteiger partial charge is 0.495 e. The van der Waals surface area contributed by atoms with E-state index in [0.717, 1.165) is 4.90 Å². The first-order valence-electron chi connectivity index (χ1n) is 7.09. The Morgan fingerprint density at radius 1 is 1.04 bits per heavy atom. The van der Waals surface area contributed by atoms with E-state index in [-0.39, 0.29) is 5.56 Å². The number of allylic oxidation sites excluding steroid dienone is 1. The fourth-order valence-corrected chi connectivity index (χ4v) is 2.19. The number of ether oxygens (including phenoxy) is 1. The van der Waals surface area contributed by atoms with E-state index in [0.29, 0.717) is 17.5 Å². The van der Waals surface area contributed by atoms with Crippen LogP contribution in [0.3, 0.4) is 0 Å². The van der Waals surface area contributed by atoms with Crippen molar-refractivity contribution in [1.29, 1.82) is 0 Å². The lowest BCUT2D eigenvalue weighted by Crippen LogP contribution is -2.26. The van der Waals surface area contributed by atoms with Gasteiger partial charge in [-0.2, -0.15) is 13.2 Å². The molecular weight excluding hydrogens is 319 g/mol. The van der Waals surface area contributed by atoms with E-state index in [1.54, 1.807) is 30.3 Å². The van der Waals surface area contributed by atoms with Gasteiger partial charge in [0.1, 0.15) is 5.75 Å². The molecule has 0 saturated heterocycles. The Hall–Kier alpha value is -2.76. The van der Waals surface area contributed by atoms with Gasteiger partial charge in [-0.25, -0.2) is 0 Å². The maximum atomic E-state index is 13.3. The zero-order valence-corrected chi connectivity index (χ0v) is 13.2. The summed E-state index contributed by atoms with van der Waals surface area (Å²) in [6.45, 7) is 0. The molecule has 0 saturated carbocycles. The minimum Gasteiger partial charge on any atom is -0.495 e. The topological polar surface area (TPSA) is 29.5 Å². The Labute approximate surface area is 138 Å². The van der Waals surface area contributed by atoms with Crippen LogP contribution in [0.5, 0.6) is 5.75 Å². The number of benzene rings is 2. The summed E-state index contributed by atoms with van der Waals surface area (Å²) >= 11 is 0. The predicted molar refractivity (Wildman–Crippen MR) is 86.9 cm³/mol. The lowest BCUT2D eigenvalue weighted by molar-refractivity contribution is -0.114. The van der Waals surface area contributed by atoms with Gasteiger partial charge in [0.15, 0.2) is 0 Å². The molecule has 0 aliphatic heterocycles. The number of rotatable bonds is 4. The second kappa shape index (κ2) is 7.21. The number of alkyl halides is 3. The summed E-state index contributed by atoms with van der Waals surface area (Å²) in [4.78, 5) is 13.5. The van der Waals surface area contributed by atoms with Crippen molar-refractivity contribution < 1.29 is 22.7 Å². The predicted octanol–water partition coefficient (Wildman–Crippen LogP) is 4.30. The highest BCUT2D eigenvalue weighted by atomic mass is 19.4. The van der Waals surface area contributed by atoms with Crippen LogP contribution in [0, 0.1) is 0 Å². The number of carbonyl (C=O) groups excluding carboxylic acids is 1. The summed E-state index contributed by atoms with van der Waals surface area (Å²) in [5, 5.41) is 0. The zero-order valence-electron chi connectivity index (χ0n) is 13.2. The average molecular weight is 335 g/mol. The summed E-state index contributed by atoms with van der Waals surface area (Å²) < 4.78 is 45.1. The van der Waals surface area contributed by atoms with Gasteiger partial charge in [-0.1, -0.05) is 42.5 Å². The number of para-hydroxylation sites is 2. The van der Waals surface area contributed by atoms with E-state index in [4.69, 9.17) is 4.74 Å². The molecule has 24 heavy (non-hydrogen) atoms. The van der Waals surface area contributed by atoms with Crippen LogP contribution in [0.1, 0.15) is 5.56 Å². The van der Waals surface area contributed by atoms with E-state index in [1.165, 1.54) is 38.4 Å². The molecule has 0 unspecified atom stereocenters. The summed E-state index contributed by atoms with van der Waals surface area (Å²) in [7, 11) is 2.83. The van der Waals surface area contributed by atoms with Gasteiger partial charge in [-0.3, -0.25) is 4.79 Å². The van der Waals surface area contributed by atoms with Crippen LogP contribution >= 0.6 is 0 Å². The fourth-order valence-electron chi connectivity index (χ4n) is 2.19. The third-order valence-electron chi connectivity index (χ3n) is 3.44. The molecule has 0 fully saturated rings. The van der Waals surface area contributed by atoms with Gasteiger partial charge in [-0.05, 0) is 17.7 Å². The molecule has 0 N–H and O–H groups in total. The van der Waals surface area contributed by atoms with Crippen molar-refractivity contribution in [2.75, 3.05) is 19.1 Å². The average Bonchev–Trinajstić information content (AvgIpc) is 2.58. The normalized spacial score (nSPS) is 12.0. The summed E-state index contributed by atoms with van der Waals surface area (Å²) in [6.07, 6.45) is -4.04. The van der Waals surface area contributed by atoms with Gasteiger partial charge in [0.05, 0.1) is 18.4 Å². The molecule has 0 radical (unpaired) electrons. The molecule has 0 aromatic heterocycles. The van der Waals surface area contributed by atoms with Crippen molar-refractivity contribution in [2.24, 2.45) is 0 Å². The third-order valence-corrected chi connectivity index (χ3v) is 3.44. The Balaban J connectivity index is 2.41. The molecule has 0 heterocycles. The number of methoxy groups -OCH3 is 1. The molecule has 0 atom stereocenters. The molecule has 2 rings (SSSR count). The first-order chi connectivity index (χ1) is 11.3. The van der Waals surface area contributed by atoms with Crippen molar-refractivity contribution in [3.05, 3.63) is 66.2 Å². The van der Waals surface area contributed by atoms with Crippen molar-refractivity contribution in [1.82, 2.24) is 0 Å². The number of hydrogen-bond acceptors (Lipinski definition) is 2. The minimum absolute atomic E-state index is 0.0632. The molecule has 6 heteroatoms. The molecule has 0 bridgehead atoms. The zero-order chi connectivity index (χ0) is 17.7. The lowest BCUT2D eigenvalue weighted by Gasteiger charge is -2.19. The third kappa shape index (κ3) is 3.95. The number of nitrogens with zero attached hydrogens (tertiary/aromatic N) is 1. The van der Waals surface area contributed by atoms with Crippen molar-refractivity contribution in [2.45, 2.75) is 6.18 Å². The summed E-state index contributed by atoms with van der Waals surface area (Å²) in [5.74, 6) is -0.398. The second-order valence-corrected chi connectivity index (χ2v) is 4.99. The van der Waals surface area contributed by atoms with Crippen molar-refractivity contribution >= 4 is 17.2 Å². The maximum Gasteiger partial charge on any atom is 0.417 e. The maximum absolute atomic E-state index is 13.3. The monoisotopic (exact) mass is 335 g/mol. The molecule has 2 aromatic carbocycles. The highest BCUT2D eigenvalue weighted by molar-refractivity contribution is 6.06. The molecule has 3 nitrogen and oxygen atoms in total. The van der Waals surface area contributed by atoms with Crippen LogP contribution in [0.25, 0.3) is 5.57 Å². The molecule has 1 amide bonds. The smallest absolute Gasteiger partial charge is 0.417 e. The number of likely N-dealkylation sites (N-methyl/N-ethyl adjacent to an activating group) is 1. The van der Waals surface area contributed by atoms with Crippen LogP contribution < -0.4 is 9.64 Å². The number of amides is 1. The van der Waals surface area contributed by atoms with Crippen LogP contribution in [-0.2, 0) is 4.79 Å². The van der Waals surface area contributed by atoms with Crippen LogP contribution in [0.4, 0.5) is 18.9 Å². The van der Waals surface area contributed by atoms with Crippen LogP contribution in [0.2, 0.25) is 0 Å². The quantitative estimate of drug-likeness (QED) is 0.780. The first kappa shape index (κ1) is 17.6. The fraction of sp³-hybridized carbons (Fsp3) is 0.167. The summed E-state index contributed by atoms with van der Waals surface area (Å²) in [6, 6.07) is 13.8. The first-order valence-corrected chi connectivity index (χ1v) is 7.09. The van der Waals surface area contributed by atoms with E-state index >= 15 is 0 Å². The SMILES string of the molecule is COc1ccccc1N(C)C(=O)/C=C(/c1ccccc1)C(F)(F)F. The lowest BCUT2D eigenvalue weighted by atomic mass is 10.0. The second-order valence-electron chi connectivity index (χ2n) is 4.99. The Kier molecular flexibility index (Phi) is 5.28. The molecule has 0 aliphatic rings. The number of halogens is 3. The number of carbonyl (C=O) groups is 1. The number of hydrogen-bond donors (Lipinski definition) is 0. The van der Waals surface area contributed by atoms with E-state index < -0.39 is 17.7 Å². The van der Waals surface area contributed by atoms with Gasteiger partial charge in [0.2, 0.25) is 0 Å². The van der Waals surface area contributed by atoms with Gasteiger partial charge in [0, 0.05) is 13.1 Å². The molecule has 0 spiro atoms. The van der Waals surface area contributed by atoms with Gasteiger partial charge in [-0.15, -0.1) is 0 Å². The minimum atomic E-state index is -4.64. The molecule has 0 aliphatic carbocycles. The Bertz CT molecular complexity index is 739. The van der Waals surface area contributed by atoms with Crippen molar-refractivity contribution in [3.8, 4) is 5.75 Å². The van der Waals surface area contributed by atoms with Crippen LogP contribution in [0.15, 0.2) is 60.7 Å². The highest BCUT2D eigenvalue weighted by Gasteiger charge is 2.35. The standard InChI is InChI=1S/C18H16F3NO2/c1-22(15-10-6-7-11-16(15)24-2)17(23)12-14(18(19,20)21)13-8-4-3-5-9-13/h3-12H,1-2H3/b14-12-. The molecular formula is C18H16F3NO2. The Morgan fingerprint density at radius 2 is 1.62 bits per heavy atom. The molecule has 126 valence electrons. The van der Waals surface area contributed by atoms with Crippen LogP contribution in [-0.4, -0.2) is 26.2 Å². The summed E-state index contributed by atoms with van der Waals surface area (Å²) in [5.41, 5.74) is -0.669. The van der Waals surface area contributed by atoms with E-state index in [9.17, 15) is 18.0 Å². The highest BCUT2D eigenvalue weighted by Crippen LogP contribution is 2.34. The van der Waals surface area contributed by atoms with Gasteiger partial charge < -0.3 is 9.64 Å².